The van der Waals surface area contributed by atoms with Crippen molar-refractivity contribution in [2.75, 3.05) is 13.1 Å². The molecule has 1 heterocycles. The van der Waals surface area contributed by atoms with Crippen molar-refractivity contribution in [3.8, 4) is 0 Å². The molecule has 4 nitrogen and oxygen atoms in total. The van der Waals surface area contributed by atoms with Gasteiger partial charge in [0.25, 0.3) is 0 Å². The molecule has 0 aromatic heterocycles. The highest BCUT2D eigenvalue weighted by molar-refractivity contribution is 5.68. The van der Waals surface area contributed by atoms with Crippen molar-refractivity contribution in [3.63, 3.8) is 0 Å². The lowest BCUT2D eigenvalue weighted by molar-refractivity contribution is 0.0143. The molecule has 2 unspecified atom stereocenters. The number of nitrogens with zero attached hydrogens (tertiary/aromatic N) is 1. The molecule has 1 fully saturated rings. The first kappa shape index (κ1) is 16.8. The van der Waals surface area contributed by atoms with E-state index in [1.807, 2.05) is 31.7 Å². The summed E-state index contributed by atoms with van der Waals surface area (Å²) in [4.78, 5) is 14.0. The van der Waals surface area contributed by atoms with E-state index in [4.69, 9.17) is 4.74 Å². The molecule has 122 valence electrons. The van der Waals surface area contributed by atoms with Crippen LogP contribution in [0.25, 0.3) is 0 Å². The normalized spacial score (nSPS) is 22.5. The highest BCUT2D eigenvalue weighted by atomic mass is 16.6. The maximum absolute atomic E-state index is 12.1. The number of benzene rings is 1. The zero-order chi connectivity index (χ0) is 16.2. The van der Waals surface area contributed by atoms with Crippen LogP contribution in [0.4, 0.5) is 4.79 Å². The molecule has 2 atom stereocenters. The van der Waals surface area contributed by atoms with Crippen LogP contribution in [0.1, 0.15) is 39.7 Å². The second-order valence-electron chi connectivity index (χ2n) is 7.17. The fourth-order valence-electron chi connectivity index (χ4n) is 2.79. The van der Waals surface area contributed by atoms with E-state index in [2.05, 4.69) is 36.5 Å². The van der Waals surface area contributed by atoms with E-state index < -0.39 is 5.60 Å². The van der Waals surface area contributed by atoms with Crippen LogP contribution in [0.2, 0.25) is 0 Å². The lowest BCUT2D eigenvalue weighted by atomic mass is 9.94. The van der Waals surface area contributed by atoms with Crippen molar-refractivity contribution >= 4 is 6.09 Å². The number of nitrogens with one attached hydrogen (secondary N) is 1. The van der Waals surface area contributed by atoms with Gasteiger partial charge in [-0.05, 0) is 38.7 Å². The predicted molar refractivity (Wildman–Crippen MR) is 88.7 cm³/mol. The minimum atomic E-state index is -0.428. The molecule has 4 heteroatoms. The van der Waals surface area contributed by atoms with Gasteiger partial charge in [-0.3, -0.25) is 0 Å². The number of carbonyl (C=O) groups is 1. The van der Waals surface area contributed by atoms with Crippen LogP contribution in [0, 0.1) is 5.92 Å². The van der Waals surface area contributed by atoms with Gasteiger partial charge in [0.05, 0.1) is 0 Å². The third kappa shape index (κ3) is 5.02. The SMILES string of the molecule is CC1CN(C(=O)OC(C)(C)C)CCC1NCc1ccccc1. The summed E-state index contributed by atoms with van der Waals surface area (Å²) >= 11 is 0. The van der Waals surface area contributed by atoms with E-state index in [0.717, 1.165) is 26.1 Å². The van der Waals surface area contributed by atoms with E-state index >= 15 is 0 Å². The van der Waals surface area contributed by atoms with Crippen molar-refractivity contribution in [2.24, 2.45) is 5.92 Å². The fourth-order valence-corrected chi connectivity index (χ4v) is 2.79. The van der Waals surface area contributed by atoms with Crippen molar-refractivity contribution in [1.82, 2.24) is 10.2 Å². The lowest BCUT2D eigenvalue weighted by Crippen LogP contribution is -2.50. The number of carbonyl (C=O) groups excluding carboxylic acids is 1. The van der Waals surface area contributed by atoms with Crippen molar-refractivity contribution < 1.29 is 9.53 Å². The van der Waals surface area contributed by atoms with Crippen molar-refractivity contribution in [2.45, 2.75) is 52.3 Å². The van der Waals surface area contributed by atoms with E-state index in [1.54, 1.807) is 0 Å². The zero-order valence-corrected chi connectivity index (χ0v) is 14.1. The molecule has 1 saturated heterocycles. The predicted octanol–water partition coefficient (Wildman–Crippen LogP) is 3.42. The molecular formula is C18H28N2O2. The highest BCUT2D eigenvalue weighted by Gasteiger charge is 2.30. The van der Waals surface area contributed by atoms with Gasteiger partial charge in [0.15, 0.2) is 0 Å². The van der Waals surface area contributed by atoms with Crippen molar-refractivity contribution in [1.29, 1.82) is 0 Å². The quantitative estimate of drug-likeness (QED) is 0.930. The van der Waals surface area contributed by atoms with Gasteiger partial charge < -0.3 is 15.0 Å². The molecule has 2 rings (SSSR count). The second kappa shape index (κ2) is 7.14. The summed E-state index contributed by atoms with van der Waals surface area (Å²) in [5.74, 6) is 0.421. The maximum Gasteiger partial charge on any atom is 0.410 e. The molecule has 1 aliphatic rings. The first-order valence-electron chi connectivity index (χ1n) is 8.10. The Morgan fingerprint density at radius 2 is 2.00 bits per heavy atom. The number of piperidine rings is 1. The number of ether oxygens (including phenoxy) is 1. The van der Waals surface area contributed by atoms with Crippen LogP contribution < -0.4 is 5.32 Å². The number of amides is 1. The molecule has 22 heavy (non-hydrogen) atoms. The summed E-state index contributed by atoms with van der Waals surface area (Å²) in [5.41, 5.74) is 0.868. The Kier molecular flexibility index (Phi) is 5.46. The molecule has 1 aliphatic heterocycles. The number of rotatable bonds is 3. The molecule has 1 aromatic carbocycles. The average molecular weight is 304 g/mol. The Morgan fingerprint density at radius 1 is 1.32 bits per heavy atom. The third-order valence-corrected chi connectivity index (χ3v) is 3.97. The first-order valence-corrected chi connectivity index (χ1v) is 8.10. The van der Waals surface area contributed by atoms with Crippen LogP contribution in [0.15, 0.2) is 30.3 Å². The molecule has 0 aliphatic carbocycles. The molecule has 0 radical (unpaired) electrons. The molecular weight excluding hydrogens is 276 g/mol. The highest BCUT2D eigenvalue weighted by Crippen LogP contribution is 2.20. The molecule has 0 bridgehead atoms. The minimum absolute atomic E-state index is 0.194. The number of likely N-dealkylation sites (tertiary alicyclic amines) is 1. The third-order valence-electron chi connectivity index (χ3n) is 3.97. The van der Waals surface area contributed by atoms with E-state index in [9.17, 15) is 4.79 Å². The van der Waals surface area contributed by atoms with Gasteiger partial charge >= 0.3 is 6.09 Å². The van der Waals surface area contributed by atoms with Crippen LogP contribution in [0.3, 0.4) is 0 Å². The standard InChI is InChI=1S/C18H28N2O2/c1-14-13-20(17(21)22-18(2,3)4)11-10-16(14)19-12-15-8-6-5-7-9-15/h5-9,14,16,19H,10-13H2,1-4H3. The van der Waals surface area contributed by atoms with Crippen LogP contribution >= 0.6 is 0 Å². The van der Waals surface area contributed by atoms with Gasteiger partial charge in [0.1, 0.15) is 5.60 Å². The largest absolute Gasteiger partial charge is 0.444 e. The smallest absolute Gasteiger partial charge is 0.410 e. The van der Waals surface area contributed by atoms with Crippen LogP contribution in [-0.2, 0) is 11.3 Å². The van der Waals surface area contributed by atoms with Gasteiger partial charge in [0.2, 0.25) is 0 Å². The van der Waals surface area contributed by atoms with Crippen molar-refractivity contribution in [3.05, 3.63) is 35.9 Å². The lowest BCUT2D eigenvalue weighted by Gasteiger charge is -2.38. The van der Waals surface area contributed by atoms with E-state index in [-0.39, 0.29) is 6.09 Å². The maximum atomic E-state index is 12.1. The summed E-state index contributed by atoms with van der Waals surface area (Å²) in [5, 5.41) is 3.62. The summed E-state index contributed by atoms with van der Waals surface area (Å²) < 4.78 is 5.46. The first-order chi connectivity index (χ1) is 10.3. The minimum Gasteiger partial charge on any atom is -0.444 e. The summed E-state index contributed by atoms with van der Waals surface area (Å²) in [6.07, 6.45) is 0.772. The second-order valence-corrected chi connectivity index (χ2v) is 7.17. The summed E-state index contributed by atoms with van der Waals surface area (Å²) in [7, 11) is 0. The van der Waals surface area contributed by atoms with E-state index in [0.29, 0.717) is 12.0 Å². The van der Waals surface area contributed by atoms with Gasteiger partial charge in [-0.15, -0.1) is 0 Å². The number of hydrogen-bond acceptors (Lipinski definition) is 3. The Bertz CT molecular complexity index is 482. The molecule has 0 spiro atoms. The molecule has 1 N–H and O–H groups in total. The van der Waals surface area contributed by atoms with Gasteiger partial charge in [-0.25, -0.2) is 4.79 Å². The summed E-state index contributed by atoms with van der Waals surface area (Å²) in [6, 6.07) is 10.9. The number of hydrogen-bond donors (Lipinski definition) is 1. The van der Waals surface area contributed by atoms with Crippen LogP contribution in [-0.4, -0.2) is 35.7 Å². The molecule has 1 aromatic rings. The topological polar surface area (TPSA) is 41.6 Å². The molecule has 1 amide bonds. The fraction of sp³-hybridized carbons (Fsp3) is 0.611. The zero-order valence-electron chi connectivity index (χ0n) is 14.1. The Morgan fingerprint density at radius 3 is 2.59 bits per heavy atom. The Hall–Kier alpha value is -1.55. The van der Waals surface area contributed by atoms with Gasteiger partial charge in [-0.2, -0.15) is 0 Å². The van der Waals surface area contributed by atoms with E-state index in [1.165, 1.54) is 5.56 Å². The average Bonchev–Trinajstić information content (AvgIpc) is 2.45. The Labute approximate surface area is 133 Å². The van der Waals surface area contributed by atoms with Crippen LogP contribution in [0.5, 0.6) is 0 Å². The molecule has 0 saturated carbocycles. The monoisotopic (exact) mass is 304 g/mol. The Balaban J connectivity index is 1.81. The summed E-state index contributed by atoms with van der Waals surface area (Å²) in [6.45, 7) is 10.3. The van der Waals surface area contributed by atoms with Gasteiger partial charge in [0, 0.05) is 25.7 Å². The van der Waals surface area contributed by atoms with Gasteiger partial charge in [-0.1, -0.05) is 37.3 Å².